The molecule has 0 saturated carbocycles. The van der Waals surface area contributed by atoms with E-state index in [1.165, 1.54) is 0 Å². The standard InChI is InChI=1S/C11H18O5.C6H10O2.C5H8O3/c1-2-10(13)15-8-9-16-11(14)6-4-3-5-7-12;7-6-4-2-1-3-5-8-6;1-2-5(7)8-4-3-6/h2,12H,1,3-9H2;1-5H2;2,6H,1,3-4H2. The smallest absolute Gasteiger partial charge is 0.330 e. The van der Waals surface area contributed by atoms with E-state index in [4.69, 9.17) is 19.7 Å². The van der Waals surface area contributed by atoms with Crippen molar-refractivity contribution < 1.29 is 48.3 Å². The van der Waals surface area contributed by atoms with Crippen LogP contribution in [0.3, 0.4) is 0 Å². The molecular formula is C22H36O10. The van der Waals surface area contributed by atoms with Crippen molar-refractivity contribution in [1.82, 2.24) is 0 Å². The number of cyclic esters (lactones) is 1. The molecule has 2 N–H and O–H groups in total. The summed E-state index contributed by atoms with van der Waals surface area (Å²) < 4.78 is 18.5. The van der Waals surface area contributed by atoms with Gasteiger partial charge in [-0.3, -0.25) is 9.59 Å². The lowest BCUT2D eigenvalue weighted by Crippen LogP contribution is -2.12. The lowest BCUT2D eigenvalue weighted by Gasteiger charge is -2.04. The molecule has 1 aliphatic rings. The zero-order valence-electron chi connectivity index (χ0n) is 18.6. The maximum Gasteiger partial charge on any atom is 0.330 e. The third kappa shape index (κ3) is 25.3. The average Bonchev–Trinajstić information content (AvgIpc) is 3.06. The fraction of sp³-hybridized carbons (Fsp3) is 0.636. The Kier molecular flexibility index (Phi) is 24.1. The molecule has 0 aliphatic carbocycles. The van der Waals surface area contributed by atoms with Gasteiger partial charge >= 0.3 is 23.9 Å². The molecule has 0 aromatic heterocycles. The molecule has 0 aromatic carbocycles. The van der Waals surface area contributed by atoms with Crippen LogP contribution in [0.25, 0.3) is 0 Å². The zero-order valence-corrected chi connectivity index (χ0v) is 18.6. The van der Waals surface area contributed by atoms with E-state index in [2.05, 4.69) is 22.6 Å². The molecule has 1 aliphatic heterocycles. The Labute approximate surface area is 189 Å². The predicted octanol–water partition coefficient (Wildman–Crippen LogP) is 1.62. The van der Waals surface area contributed by atoms with E-state index >= 15 is 0 Å². The van der Waals surface area contributed by atoms with Crippen molar-refractivity contribution in [3.05, 3.63) is 25.3 Å². The monoisotopic (exact) mass is 460 g/mol. The minimum absolute atomic E-state index is 0.0255. The second-order valence-electron chi connectivity index (χ2n) is 6.25. The number of aliphatic hydroxyl groups is 2. The molecule has 10 heteroatoms. The fourth-order valence-electron chi connectivity index (χ4n) is 2.00. The van der Waals surface area contributed by atoms with Gasteiger partial charge in [-0.1, -0.05) is 19.6 Å². The van der Waals surface area contributed by atoms with Gasteiger partial charge in [0.15, 0.2) is 0 Å². The van der Waals surface area contributed by atoms with Gasteiger partial charge in [0.25, 0.3) is 0 Å². The summed E-state index contributed by atoms with van der Waals surface area (Å²) in [4.78, 5) is 42.3. The molecule has 0 unspecified atom stereocenters. The highest BCUT2D eigenvalue weighted by atomic mass is 16.6. The van der Waals surface area contributed by atoms with Gasteiger partial charge in [-0.15, -0.1) is 0 Å². The maximum atomic E-state index is 11.1. The molecule has 184 valence electrons. The molecule has 1 heterocycles. The highest BCUT2D eigenvalue weighted by Crippen LogP contribution is 2.06. The number of rotatable bonds is 12. The van der Waals surface area contributed by atoms with Crippen LogP contribution in [-0.4, -0.2) is 73.7 Å². The molecule has 1 fully saturated rings. The molecule has 0 atom stereocenters. The van der Waals surface area contributed by atoms with E-state index in [0.29, 0.717) is 32.3 Å². The quantitative estimate of drug-likeness (QED) is 0.191. The molecule has 1 rings (SSSR count). The number of ether oxygens (including phenoxy) is 4. The Balaban J connectivity index is 0. The van der Waals surface area contributed by atoms with Crippen LogP contribution in [0.15, 0.2) is 25.3 Å². The van der Waals surface area contributed by atoms with Gasteiger partial charge in [0.1, 0.15) is 19.8 Å². The number of esters is 4. The van der Waals surface area contributed by atoms with Crippen LogP contribution in [-0.2, 0) is 38.1 Å². The number of hydrogen-bond donors (Lipinski definition) is 2. The van der Waals surface area contributed by atoms with Crippen LogP contribution in [0.1, 0.15) is 51.4 Å². The SMILES string of the molecule is C=CC(=O)OCCO.C=CC(=O)OCCOC(=O)CCCCCO.O=C1CCCCCO1. The summed E-state index contributed by atoms with van der Waals surface area (Å²) >= 11 is 0. The van der Waals surface area contributed by atoms with Crippen molar-refractivity contribution in [2.75, 3.05) is 39.6 Å². The van der Waals surface area contributed by atoms with Gasteiger partial charge in [0.2, 0.25) is 0 Å². The summed E-state index contributed by atoms with van der Waals surface area (Å²) in [5.74, 6) is -1.37. The number of carbonyl (C=O) groups is 4. The van der Waals surface area contributed by atoms with Crippen LogP contribution in [0.2, 0.25) is 0 Å². The molecule has 0 radical (unpaired) electrons. The Morgan fingerprint density at radius 1 is 0.844 bits per heavy atom. The van der Waals surface area contributed by atoms with E-state index < -0.39 is 11.9 Å². The molecule has 1 saturated heterocycles. The minimum Gasteiger partial charge on any atom is -0.466 e. The van der Waals surface area contributed by atoms with Crippen LogP contribution >= 0.6 is 0 Å². The van der Waals surface area contributed by atoms with Gasteiger partial charge in [-0.25, -0.2) is 9.59 Å². The Hall–Kier alpha value is -2.72. The molecule has 10 nitrogen and oxygen atoms in total. The highest BCUT2D eigenvalue weighted by Gasteiger charge is 2.05. The second-order valence-corrected chi connectivity index (χ2v) is 6.25. The van der Waals surface area contributed by atoms with E-state index in [9.17, 15) is 19.2 Å². The van der Waals surface area contributed by atoms with Crippen molar-refractivity contribution in [1.29, 1.82) is 0 Å². The number of aliphatic hydroxyl groups excluding tert-OH is 2. The Morgan fingerprint density at radius 3 is 2.06 bits per heavy atom. The van der Waals surface area contributed by atoms with E-state index in [0.717, 1.165) is 37.8 Å². The summed E-state index contributed by atoms with van der Waals surface area (Å²) in [7, 11) is 0. The Bertz CT molecular complexity index is 535. The maximum absolute atomic E-state index is 11.1. The van der Waals surface area contributed by atoms with Gasteiger partial charge in [0, 0.05) is 31.6 Å². The summed E-state index contributed by atoms with van der Waals surface area (Å²) in [5.41, 5.74) is 0. The summed E-state index contributed by atoms with van der Waals surface area (Å²) in [6.45, 7) is 7.19. The van der Waals surface area contributed by atoms with Crippen LogP contribution in [0.5, 0.6) is 0 Å². The Morgan fingerprint density at radius 2 is 1.47 bits per heavy atom. The summed E-state index contributed by atoms with van der Waals surface area (Å²) in [6.07, 6.45) is 8.46. The first-order valence-corrected chi connectivity index (χ1v) is 10.5. The van der Waals surface area contributed by atoms with Gasteiger partial charge in [-0.05, 0) is 32.1 Å². The lowest BCUT2D eigenvalue weighted by atomic mass is 10.2. The fourth-order valence-corrected chi connectivity index (χ4v) is 2.00. The van der Waals surface area contributed by atoms with Gasteiger partial charge in [-0.2, -0.15) is 0 Å². The first-order valence-electron chi connectivity index (χ1n) is 10.5. The molecule has 0 aromatic rings. The average molecular weight is 461 g/mol. The second kappa shape index (κ2) is 24.5. The van der Waals surface area contributed by atoms with Gasteiger partial charge < -0.3 is 29.2 Å². The van der Waals surface area contributed by atoms with Crippen molar-refractivity contribution in [3.63, 3.8) is 0 Å². The first kappa shape index (κ1) is 31.5. The van der Waals surface area contributed by atoms with Crippen molar-refractivity contribution in [2.24, 2.45) is 0 Å². The van der Waals surface area contributed by atoms with E-state index in [1.807, 2.05) is 0 Å². The highest BCUT2D eigenvalue weighted by molar-refractivity contribution is 5.81. The number of carbonyl (C=O) groups excluding carboxylic acids is 4. The largest absolute Gasteiger partial charge is 0.466 e. The van der Waals surface area contributed by atoms with E-state index in [1.54, 1.807) is 0 Å². The first-order chi connectivity index (χ1) is 15.4. The number of hydrogen-bond acceptors (Lipinski definition) is 10. The van der Waals surface area contributed by atoms with Crippen molar-refractivity contribution >= 4 is 23.9 Å². The molecule has 0 spiro atoms. The molecule has 0 amide bonds. The summed E-state index contributed by atoms with van der Waals surface area (Å²) in [6, 6.07) is 0. The lowest BCUT2D eigenvalue weighted by molar-refractivity contribution is -0.149. The third-order valence-electron chi connectivity index (χ3n) is 3.59. The van der Waals surface area contributed by atoms with Crippen LogP contribution in [0.4, 0.5) is 0 Å². The van der Waals surface area contributed by atoms with Gasteiger partial charge in [0.05, 0.1) is 13.2 Å². The van der Waals surface area contributed by atoms with Crippen LogP contribution in [0, 0.1) is 0 Å². The molecular weight excluding hydrogens is 424 g/mol. The normalized spacial score (nSPS) is 12.2. The van der Waals surface area contributed by atoms with Crippen molar-refractivity contribution in [2.45, 2.75) is 51.4 Å². The predicted molar refractivity (Wildman–Crippen MR) is 115 cm³/mol. The number of unbranched alkanes of at least 4 members (excludes halogenated alkanes) is 2. The zero-order chi connectivity index (χ0) is 24.5. The summed E-state index contributed by atoms with van der Waals surface area (Å²) in [5, 5.41) is 16.6. The van der Waals surface area contributed by atoms with E-state index in [-0.39, 0.29) is 45.0 Å². The topological polar surface area (TPSA) is 146 Å². The third-order valence-corrected chi connectivity index (χ3v) is 3.59. The molecule has 32 heavy (non-hydrogen) atoms. The van der Waals surface area contributed by atoms with Crippen molar-refractivity contribution in [3.8, 4) is 0 Å². The minimum atomic E-state index is -0.529. The van der Waals surface area contributed by atoms with Crippen LogP contribution < -0.4 is 0 Å². The molecule has 0 bridgehead atoms.